The molecule has 21 aromatic carbocycles. The van der Waals surface area contributed by atoms with Gasteiger partial charge >= 0.3 is 0 Å². The van der Waals surface area contributed by atoms with Crippen LogP contribution in [0.25, 0.3) is 234 Å². The molecule has 122 heavy (non-hydrogen) atoms. The van der Waals surface area contributed by atoms with Gasteiger partial charge in [0.1, 0.15) is 11.2 Å². The van der Waals surface area contributed by atoms with Gasteiger partial charge in [0, 0.05) is 97.2 Å². The van der Waals surface area contributed by atoms with Crippen LogP contribution in [0, 0.1) is 0 Å². The molecule has 0 unspecified atom stereocenters. The SMILES string of the molecule is CC1(C)c2cc3c(cc2-c2ccc4ccccc4c21)c1ccccc1n3-c1ccc2ccc3ccccc3c2c1.c1ccc(-c2cc(-c3ccccc3)cc(-n3c4ccccc4c4cc5c(cc43)oc3c4ccccc4c4ccccc4c53)c2)cc1.c1ccc(-c2cccc(-n3c4ccccc4c4cc5c(cc43)sc3cc4ccccc4cc35)c2)cc1. The first-order valence-corrected chi connectivity index (χ1v) is 43.0. The fourth-order valence-corrected chi connectivity index (χ4v) is 21.8. The van der Waals surface area contributed by atoms with Crippen molar-refractivity contribution >= 4 is 183 Å². The smallest absolute Gasteiger partial charge is 0.143 e. The third-order valence-corrected chi connectivity index (χ3v) is 27.3. The number of thiophene rings is 1. The summed E-state index contributed by atoms with van der Waals surface area (Å²) in [6, 6.07) is 153. The Hall–Kier alpha value is -15.4. The largest absolute Gasteiger partial charge is 0.455 e. The average molecular weight is 1570 g/mol. The second-order valence-electron chi connectivity index (χ2n) is 33.3. The van der Waals surface area contributed by atoms with Gasteiger partial charge in [-0.2, -0.15) is 0 Å². The standard InChI is InChI=1S/C44H27NO.C39H27N.C34H21NS/c1-3-13-28(14-4-1)30-23-31(29-15-5-2-6-16-29)25-32(24-30)45-40-22-12-11-19-35(40)38-26-39-42(27-41(38)45)46-44-37-21-10-8-18-34(37)33-17-7-9-20-36(33)43(39)44;1-39(2)35-23-37-34(22-33(35)31-20-18-25-10-4-6-12-29(25)38(31)39)30-13-7-8-14-36(30)40(37)27-19-17-26-16-15-24-9-3-5-11-28(24)32(26)21-27;1-2-9-22(10-3-1)23-13-8-14-26(17-23)35-31-16-7-6-15-27(31)28-20-30-29-18-24-11-4-5-12-25(24)19-33(29)36-34(30)21-32(28)35/h1-27H;3-23H,1-2H3;1-21H. The third-order valence-electron chi connectivity index (χ3n) is 26.2. The molecule has 0 aliphatic heterocycles. The molecule has 26 aromatic rings. The van der Waals surface area contributed by atoms with E-state index < -0.39 is 0 Å². The van der Waals surface area contributed by atoms with E-state index in [2.05, 4.69) is 446 Å². The summed E-state index contributed by atoms with van der Waals surface area (Å²) in [6.45, 7) is 4.79. The Morgan fingerprint density at radius 2 is 0.648 bits per heavy atom. The van der Waals surface area contributed by atoms with E-state index in [1.165, 1.54) is 212 Å². The number of fused-ring (bicyclic) bond motifs is 29. The van der Waals surface area contributed by atoms with Gasteiger partial charge in [-0.1, -0.05) is 323 Å². The van der Waals surface area contributed by atoms with Gasteiger partial charge in [-0.3, -0.25) is 0 Å². The lowest BCUT2D eigenvalue weighted by atomic mass is 9.80. The van der Waals surface area contributed by atoms with Crippen molar-refractivity contribution in [3.05, 3.63) is 430 Å². The topological polar surface area (TPSA) is 27.9 Å². The van der Waals surface area contributed by atoms with E-state index in [-0.39, 0.29) is 5.41 Å². The predicted molar refractivity (Wildman–Crippen MR) is 521 cm³/mol. The van der Waals surface area contributed by atoms with Gasteiger partial charge in [-0.25, -0.2) is 0 Å². The van der Waals surface area contributed by atoms with Gasteiger partial charge in [0.2, 0.25) is 0 Å². The van der Waals surface area contributed by atoms with E-state index in [1.807, 2.05) is 11.3 Å². The highest BCUT2D eigenvalue weighted by Gasteiger charge is 2.38. The number of aromatic nitrogens is 3. The Morgan fingerprint density at radius 1 is 0.221 bits per heavy atom. The summed E-state index contributed by atoms with van der Waals surface area (Å²) >= 11 is 1.89. The minimum absolute atomic E-state index is 0.0966. The van der Waals surface area contributed by atoms with Crippen LogP contribution < -0.4 is 0 Å². The van der Waals surface area contributed by atoms with Crippen molar-refractivity contribution in [2.45, 2.75) is 19.3 Å². The lowest BCUT2D eigenvalue weighted by Crippen LogP contribution is -2.15. The molecular formula is C117H75N3OS. The van der Waals surface area contributed by atoms with Gasteiger partial charge in [-0.05, 0) is 218 Å². The normalized spacial score (nSPS) is 12.6. The Kier molecular flexibility index (Phi) is 15.6. The van der Waals surface area contributed by atoms with Crippen molar-refractivity contribution in [3.8, 4) is 61.6 Å². The lowest BCUT2D eigenvalue weighted by Gasteiger charge is -2.23. The molecular weight excluding hydrogens is 1500 g/mol. The molecule has 0 amide bonds. The van der Waals surface area contributed by atoms with Gasteiger partial charge in [0.25, 0.3) is 0 Å². The van der Waals surface area contributed by atoms with Crippen LogP contribution in [0.2, 0.25) is 0 Å². The maximum absolute atomic E-state index is 6.84. The highest BCUT2D eigenvalue weighted by Crippen LogP contribution is 2.54. The molecule has 0 spiro atoms. The maximum atomic E-state index is 6.84. The van der Waals surface area contributed by atoms with Crippen molar-refractivity contribution in [3.63, 3.8) is 0 Å². The van der Waals surface area contributed by atoms with Crippen LogP contribution in [0.5, 0.6) is 0 Å². The van der Waals surface area contributed by atoms with Crippen LogP contribution in [0.4, 0.5) is 0 Å². The fraction of sp³-hybridized carbons (Fsp3) is 0.0256. The molecule has 5 heteroatoms. The van der Waals surface area contributed by atoms with E-state index >= 15 is 0 Å². The summed E-state index contributed by atoms with van der Waals surface area (Å²) in [5, 5.41) is 27.9. The molecule has 5 aromatic heterocycles. The molecule has 0 bridgehead atoms. The highest BCUT2D eigenvalue weighted by molar-refractivity contribution is 7.26. The first-order valence-electron chi connectivity index (χ1n) is 42.2. The molecule has 5 heterocycles. The van der Waals surface area contributed by atoms with E-state index in [0.29, 0.717) is 0 Å². The lowest BCUT2D eigenvalue weighted by molar-refractivity contribution is 0.667. The monoisotopic (exact) mass is 1570 g/mol. The number of furan rings is 1. The van der Waals surface area contributed by atoms with Crippen LogP contribution in [-0.2, 0) is 5.41 Å². The zero-order chi connectivity index (χ0) is 80.4. The van der Waals surface area contributed by atoms with E-state index in [4.69, 9.17) is 4.42 Å². The summed E-state index contributed by atoms with van der Waals surface area (Å²) in [6.07, 6.45) is 0. The Balaban J connectivity index is 0.000000102. The Morgan fingerprint density at radius 3 is 1.29 bits per heavy atom. The highest BCUT2D eigenvalue weighted by atomic mass is 32.1. The van der Waals surface area contributed by atoms with Crippen LogP contribution in [0.15, 0.2) is 423 Å². The number of hydrogen-bond donors (Lipinski definition) is 0. The second-order valence-corrected chi connectivity index (χ2v) is 34.4. The van der Waals surface area contributed by atoms with Crippen molar-refractivity contribution in [1.82, 2.24) is 13.7 Å². The zero-order valence-corrected chi connectivity index (χ0v) is 67.8. The van der Waals surface area contributed by atoms with E-state index in [9.17, 15) is 0 Å². The summed E-state index contributed by atoms with van der Waals surface area (Å²) in [5.74, 6) is 0. The number of rotatable bonds is 6. The quantitative estimate of drug-likeness (QED) is 0.153. The summed E-state index contributed by atoms with van der Waals surface area (Å²) in [7, 11) is 0. The average Bonchev–Trinajstić information content (AvgIpc) is 1.55. The number of para-hydroxylation sites is 3. The summed E-state index contributed by atoms with van der Waals surface area (Å²) in [5.41, 5.74) is 25.4. The molecule has 27 rings (SSSR count). The van der Waals surface area contributed by atoms with Gasteiger partial charge in [0.15, 0.2) is 0 Å². The minimum Gasteiger partial charge on any atom is -0.455 e. The van der Waals surface area contributed by atoms with Crippen LogP contribution in [0.1, 0.15) is 25.0 Å². The number of nitrogens with zero attached hydrogens (tertiary/aromatic N) is 3. The fourth-order valence-electron chi connectivity index (χ4n) is 20.6. The molecule has 0 radical (unpaired) electrons. The van der Waals surface area contributed by atoms with E-state index in [1.54, 1.807) is 0 Å². The van der Waals surface area contributed by atoms with Crippen LogP contribution in [0.3, 0.4) is 0 Å². The van der Waals surface area contributed by atoms with Crippen LogP contribution in [-0.4, -0.2) is 13.7 Å². The summed E-state index contributed by atoms with van der Waals surface area (Å²) in [4.78, 5) is 0. The Bertz CT molecular complexity index is 8800. The van der Waals surface area contributed by atoms with Gasteiger partial charge in [-0.15, -0.1) is 11.3 Å². The molecule has 0 saturated carbocycles. The molecule has 1 aliphatic carbocycles. The predicted octanol–water partition coefficient (Wildman–Crippen LogP) is 32.8. The third kappa shape index (κ3) is 10.9. The molecule has 0 fully saturated rings. The summed E-state index contributed by atoms with van der Waals surface area (Å²) < 4.78 is 16.8. The second kappa shape index (κ2) is 27.3. The maximum Gasteiger partial charge on any atom is 0.143 e. The first kappa shape index (κ1) is 69.7. The minimum atomic E-state index is -0.0966. The molecule has 1 aliphatic rings. The molecule has 570 valence electrons. The molecule has 0 atom stereocenters. The van der Waals surface area contributed by atoms with Crippen molar-refractivity contribution in [2.24, 2.45) is 0 Å². The number of hydrogen-bond acceptors (Lipinski definition) is 2. The van der Waals surface area contributed by atoms with Crippen LogP contribution >= 0.6 is 11.3 Å². The Labute approximate surface area is 707 Å². The van der Waals surface area contributed by atoms with Crippen molar-refractivity contribution < 1.29 is 4.42 Å². The van der Waals surface area contributed by atoms with Crippen molar-refractivity contribution in [1.29, 1.82) is 0 Å². The number of benzene rings is 21. The first-order chi connectivity index (χ1) is 60.2. The van der Waals surface area contributed by atoms with Gasteiger partial charge < -0.3 is 18.1 Å². The molecule has 0 N–H and O–H groups in total. The van der Waals surface area contributed by atoms with Gasteiger partial charge in [0.05, 0.1) is 33.1 Å². The zero-order valence-electron chi connectivity index (χ0n) is 67.0. The van der Waals surface area contributed by atoms with Crippen molar-refractivity contribution in [2.75, 3.05) is 0 Å². The molecule has 4 nitrogen and oxygen atoms in total. The molecule has 0 saturated heterocycles. The van der Waals surface area contributed by atoms with E-state index in [0.717, 1.165) is 33.1 Å².